The zero-order chi connectivity index (χ0) is 19.9. The zero-order valence-electron chi connectivity index (χ0n) is 15.0. The quantitative estimate of drug-likeness (QED) is 0.746. The molecule has 0 saturated carbocycles. The maximum Gasteiger partial charge on any atom is 0.411 e. The molecule has 8 heteroatoms. The Balaban J connectivity index is 1.78. The highest BCUT2D eigenvalue weighted by Gasteiger charge is 2.27. The Morgan fingerprint density at radius 1 is 1.07 bits per heavy atom. The number of nitrogens with one attached hydrogen (secondary N) is 2. The number of methoxy groups -OCH3 is 1. The molecule has 0 heterocycles. The molecule has 2 amide bonds. The van der Waals surface area contributed by atoms with Crippen LogP contribution in [0.25, 0.3) is 0 Å². The Morgan fingerprint density at radius 3 is 2.33 bits per heavy atom. The minimum atomic E-state index is -4.33. The fourth-order valence-electron chi connectivity index (χ4n) is 2.35. The van der Waals surface area contributed by atoms with Crippen LogP contribution in [-0.2, 0) is 17.9 Å². The summed E-state index contributed by atoms with van der Waals surface area (Å²) < 4.78 is 45.9. The standard InChI is InChI=1S/C19H21F3N2O3/c1-13-9-16(7-8-17(13)26-2)24-18(25)23-10-14-3-5-15(6-4-14)11-27-12-19(20,21)22/h3-9H,10-12H2,1-2H3,(H2,23,24,25). The van der Waals surface area contributed by atoms with E-state index in [2.05, 4.69) is 15.4 Å². The number of carbonyl (C=O) groups is 1. The van der Waals surface area contributed by atoms with Gasteiger partial charge in [-0.3, -0.25) is 0 Å². The van der Waals surface area contributed by atoms with Gasteiger partial charge in [-0.25, -0.2) is 4.79 Å². The third-order valence-electron chi connectivity index (χ3n) is 3.66. The van der Waals surface area contributed by atoms with Crippen LogP contribution in [0.5, 0.6) is 5.75 Å². The molecule has 0 aliphatic heterocycles. The Hall–Kier alpha value is -2.74. The maximum atomic E-state index is 12.0. The van der Waals surface area contributed by atoms with E-state index in [1.807, 2.05) is 6.92 Å². The van der Waals surface area contributed by atoms with Crippen LogP contribution in [0.2, 0.25) is 0 Å². The SMILES string of the molecule is COc1ccc(NC(=O)NCc2ccc(COCC(F)(F)F)cc2)cc1C. The average molecular weight is 382 g/mol. The van der Waals surface area contributed by atoms with Crippen molar-refractivity contribution in [3.8, 4) is 5.75 Å². The van der Waals surface area contributed by atoms with E-state index < -0.39 is 12.8 Å². The molecule has 0 aliphatic rings. The first-order valence-electron chi connectivity index (χ1n) is 8.18. The van der Waals surface area contributed by atoms with Crippen molar-refractivity contribution in [2.45, 2.75) is 26.3 Å². The lowest BCUT2D eigenvalue weighted by molar-refractivity contribution is -0.176. The summed E-state index contributed by atoms with van der Waals surface area (Å²) in [5, 5.41) is 5.44. The molecule has 27 heavy (non-hydrogen) atoms. The second kappa shape index (κ2) is 9.27. The highest BCUT2D eigenvalue weighted by atomic mass is 19.4. The van der Waals surface area contributed by atoms with Gasteiger partial charge in [0.05, 0.1) is 13.7 Å². The number of aryl methyl sites for hydroxylation is 1. The van der Waals surface area contributed by atoms with Gasteiger partial charge in [-0.2, -0.15) is 13.2 Å². The first kappa shape index (κ1) is 20.6. The van der Waals surface area contributed by atoms with E-state index in [4.69, 9.17) is 4.74 Å². The summed E-state index contributed by atoms with van der Waals surface area (Å²) in [6.45, 7) is 0.762. The van der Waals surface area contributed by atoms with Crippen molar-refractivity contribution in [3.05, 3.63) is 59.2 Å². The predicted molar refractivity (Wildman–Crippen MR) is 95.7 cm³/mol. The monoisotopic (exact) mass is 382 g/mol. The van der Waals surface area contributed by atoms with Crippen LogP contribution in [0.3, 0.4) is 0 Å². The van der Waals surface area contributed by atoms with Crippen LogP contribution in [0.1, 0.15) is 16.7 Å². The normalized spacial score (nSPS) is 11.1. The van der Waals surface area contributed by atoms with Crippen molar-refractivity contribution in [3.63, 3.8) is 0 Å². The number of halogens is 3. The van der Waals surface area contributed by atoms with Gasteiger partial charge in [-0.15, -0.1) is 0 Å². The molecular weight excluding hydrogens is 361 g/mol. The van der Waals surface area contributed by atoms with Gasteiger partial charge in [0.25, 0.3) is 0 Å². The molecule has 0 atom stereocenters. The van der Waals surface area contributed by atoms with E-state index in [1.165, 1.54) is 0 Å². The average Bonchev–Trinajstić information content (AvgIpc) is 2.60. The van der Waals surface area contributed by atoms with E-state index in [1.54, 1.807) is 49.6 Å². The summed E-state index contributed by atoms with van der Waals surface area (Å²) in [6, 6.07) is 11.7. The lowest BCUT2D eigenvalue weighted by Crippen LogP contribution is -2.28. The summed E-state index contributed by atoms with van der Waals surface area (Å²) in [6.07, 6.45) is -4.33. The van der Waals surface area contributed by atoms with Gasteiger partial charge in [-0.1, -0.05) is 24.3 Å². The molecule has 0 bridgehead atoms. The van der Waals surface area contributed by atoms with Crippen molar-refractivity contribution >= 4 is 11.7 Å². The third kappa shape index (κ3) is 7.18. The van der Waals surface area contributed by atoms with Gasteiger partial charge in [0, 0.05) is 12.2 Å². The smallest absolute Gasteiger partial charge is 0.411 e. The number of benzene rings is 2. The van der Waals surface area contributed by atoms with E-state index in [0.717, 1.165) is 16.9 Å². The number of amides is 2. The summed E-state index contributed by atoms with van der Waals surface area (Å²) >= 11 is 0. The van der Waals surface area contributed by atoms with E-state index in [0.29, 0.717) is 11.3 Å². The number of urea groups is 1. The molecular formula is C19H21F3N2O3. The van der Waals surface area contributed by atoms with Crippen LogP contribution >= 0.6 is 0 Å². The first-order chi connectivity index (χ1) is 12.8. The molecule has 0 fully saturated rings. The first-order valence-corrected chi connectivity index (χ1v) is 8.18. The number of hydrogen-bond acceptors (Lipinski definition) is 3. The van der Waals surface area contributed by atoms with Gasteiger partial charge >= 0.3 is 12.2 Å². The van der Waals surface area contributed by atoms with Crippen LogP contribution in [0.4, 0.5) is 23.7 Å². The Bertz CT molecular complexity index is 762. The van der Waals surface area contributed by atoms with Crippen LogP contribution < -0.4 is 15.4 Å². The van der Waals surface area contributed by atoms with E-state index >= 15 is 0 Å². The summed E-state index contributed by atoms with van der Waals surface area (Å²) in [5.41, 5.74) is 2.98. The lowest BCUT2D eigenvalue weighted by Gasteiger charge is -2.11. The summed E-state index contributed by atoms with van der Waals surface area (Å²) in [4.78, 5) is 12.0. The zero-order valence-corrected chi connectivity index (χ0v) is 15.0. The molecule has 2 aromatic carbocycles. The van der Waals surface area contributed by atoms with Crippen LogP contribution in [0.15, 0.2) is 42.5 Å². The Kier molecular flexibility index (Phi) is 7.06. The fourth-order valence-corrected chi connectivity index (χ4v) is 2.35. The van der Waals surface area contributed by atoms with Crippen molar-refractivity contribution in [1.29, 1.82) is 0 Å². The van der Waals surface area contributed by atoms with Crippen molar-refractivity contribution < 1.29 is 27.4 Å². The molecule has 0 aromatic heterocycles. The molecule has 0 radical (unpaired) electrons. The highest BCUT2D eigenvalue weighted by Crippen LogP contribution is 2.21. The Morgan fingerprint density at radius 2 is 1.74 bits per heavy atom. The predicted octanol–water partition coefficient (Wildman–Crippen LogP) is 4.40. The molecule has 0 spiro atoms. The molecule has 5 nitrogen and oxygen atoms in total. The number of alkyl halides is 3. The largest absolute Gasteiger partial charge is 0.496 e. The topological polar surface area (TPSA) is 59.6 Å². The molecule has 2 aromatic rings. The maximum absolute atomic E-state index is 12.0. The molecule has 2 rings (SSSR count). The summed E-state index contributed by atoms with van der Waals surface area (Å²) in [5.74, 6) is 0.736. The second-order valence-corrected chi connectivity index (χ2v) is 5.92. The Labute approximate surface area is 155 Å². The van der Waals surface area contributed by atoms with Gasteiger partial charge in [0.1, 0.15) is 12.4 Å². The number of anilines is 1. The van der Waals surface area contributed by atoms with E-state index in [-0.39, 0.29) is 19.2 Å². The molecule has 0 saturated heterocycles. The number of ether oxygens (including phenoxy) is 2. The lowest BCUT2D eigenvalue weighted by atomic mass is 10.1. The highest BCUT2D eigenvalue weighted by molar-refractivity contribution is 5.89. The van der Waals surface area contributed by atoms with Crippen LogP contribution in [0, 0.1) is 6.92 Å². The van der Waals surface area contributed by atoms with E-state index in [9.17, 15) is 18.0 Å². The van der Waals surface area contributed by atoms with Gasteiger partial charge < -0.3 is 20.1 Å². The minimum absolute atomic E-state index is 0.121. The molecule has 0 aliphatic carbocycles. The van der Waals surface area contributed by atoms with Crippen molar-refractivity contribution in [2.75, 3.05) is 19.0 Å². The van der Waals surface area contributed by atoms with Crippen molar-refractivity contribution in [2.24, 2.45) is 0 Å². The van der Waals surface area contributed by atoms with Gasteiger partial charge in [0.15, 0.2) is 0 Å². The number of hydrogen-bond donors (Lipinski definition) is 2. The molecule has 2 N–H and O–H groups in total. The fraction of sp³-hybridized carbons (Fsp3) is 0.316. The van der Waals surface area contributed by atoms with Crippen molar-refractivity contribution in [1.82, 2.24) is 5.32 Å². The molecule has 0 unspecified atom stereocenters. The van der Waals surface area contributed by atoms with Crippen LogP contribution in [-0.4, -0.2) is 25.9 Å². The van der Waals surface area contributed by atoms with Gasteiger partial charge in [-0.05, 0) is 41.8 Å². The second-order valence-electron chi connectivity index (χ2n) is 5.92. The number of rotatable bonds is 7. The summed E-state index contributed by atoms with van der Waals surface area (Å²) in [7, 11) is 1.58. The molecule has 146 valence electrons. The number of carbonyl (C=O) groups excluding carboxylic acids is 1. The van der Waals surface area contributed by atoms with Gasteiger partial charge in [0.2, 0.25) is 0 Å². The minimum Gasteiger partial charge on any atom is -0.496 e. The third-order valence-corrected chi connectivity index (χ3v) is 3.66.